The summed E-state index contributed by atoms with van der Waals surface area (Å²) in [5.41, 5.74) is 0.664. The van der Waals surface area contributed by atoms with Crippen LogP contribution in [0.4, 0.5) is 4.39 Å². The van der Waals surface area contributed by atoms with Gasteiger partial charge < -0.3 is 19.9 Å². The number of ether oxygens (including phenoxy) is 2. The van der Waals surface area contributed by atoms with Gasteiger partial charge in [0, 0.05) is 12.1 Å². The van der Waals surface area contributed by atoms with E-state index in [1.807, 2.05) is 0 Å². The summed E-state index contributed by atoms with van der Waals surface area (Å²) in [4.78, 5) is 0. The SMILES string of the molecule is COc1c(C2COCCN2)ccc(O)c1F. The number of rotatable bonds is 2. The monoisotopic (exact) mass is 227 g/mol. The first-order valence-corrected chi connectivity index (χ1v) is 5.10. The minimum atomic E-state index is -0.729. The fraction of sp³-hybridized carbons (Fsp3) is 0.455. The second-order valence-electron chi connectivity index (χ2n) is 3.60. The summed E-state index contributed by atoms with van der Waals surface area (Å²) in [7, 11) is 1.38. The molecule has 1 aromatic carbocycles. The largest absolute Gasteiger partial charge is 0.505 e. The molecular weight excluding hydrogens is 213 g/mol. The maximum atomic E-state index is 13.6. The fourth-order valence-electron chi connectivity index (χ4n) is 1.81. The molecule has 0 spiro atoms. The van der Waals surface area contributed by atoms with Crippen LogP contribution in [0.1, 0.15) is 11.6 Å². The number of phenols is 1. The van der Waals surface area contributed by atoms with Crippen LogP contribution in [0, 0.1) is 5.82 Å². The van der Waals surface area contributed by atoms with Crippen molar-refractivity contribution in [2.75, 3.05) is 26.9 Å². The number of benzene rings is 1. The van der Waals surface area contributed by atoms with Gasteiger partial charge >= 0.3 is 0 Å². The number of aromatic hydroxyl groups is 1. The lowest BCUT2D eigenvalue weighted by atomic mass is 10.0. The molecule has 0 radical (unpaired) electrons. The molecule has 1 aliphatic heterocycles. The van der Waals surface area contributed by atoms with Crippen molar-refractivity contribution in [2.24, 2.45) is 0 Å². The fourth-order valence-corrected chi connectivity index (χ4v) is 1.81. The Morgan fingerprint density at radius 1 is 1.56 bits per heavy atom. The van der Waals surface area contributed by atoms with E-state index in [9.17, 15) is 9.50 Å². The molecule has 2 rings (SSSR count). The molecule has 0 amide bonds. The molecule has 1 fully saturated rings. The van der Waals surface area contributed by atoms with E-state index >= 15 is 0 Å². The minimum absolute atomic E-state index is 0.0722. The van der Waals surface area contributed by atoms with Gasteiger partial charge in [-0.25, -0.2) is 0 Å². The van der Waals surface area contributed by atoms with Gasteiger partial charge in [0.1, 0.15) is 0 Å². The Bertz CT molecular complexity index is 378. The minimum Gasteiger partial charge on any atom is -0.505 e. The van der Waals surface area contributed by atoms with Gasteiger partial charge in [0.2, 0.25) is 5.82 Å². The van der Waals surface area contributed by atoms with E-state index < -0.39 is 11.6 Å². The van der Waals surface area contributed by atoms with Gasteiger partial charge in [-0.15, -0.1) is 0 Å². The zero-order valence-electron chi connectivity index (χ0n) is 9.00. The van der Waals surface area contributed by atoms with E-state index in [-0.39, 0.29) is 11.8 Å². The molecule has 0 aromatic heterocycles. The van der Waals surface area contributed by atoms with Crippen molar-refractivity contribution in [1.82, 2.24) is 5.32 Å². The molecule has 1 aliphatic rings. The molecule has 1 heterocycles. The quantitative estimate of drug-likeness (QED) is 0.797. The van der Waals surface area contributed by atoms with Crippen molar-refractivity contribution < 1.29 is 19.0 Å². The molecule has 5 heteroatoms. The molecule has 1 saturated heterocycles. The van der Waals surface area contributed by atoms with Crippen LogP contribution in [0.5, 0.6) is 11.5 Å². The molecule has 0 bridgehead atoms. The lowest BCUT2D eigenvalue weighted by Gasteiger charge is -2.25. The summed E-state index contributed by atoms with van der Waals surface area (Å²) in [6.07, 6.45) is 0. The van der Waals surface area contributed by atoms with Crippen LogP contribution in [0.15, 0.2) is 12.1 Å². The van der Waals surface area contributed by atoms with E-state index in [0.717, 1.165) is 6.54 Å². The predicted octanol–water partition coefficient (Wildman–Crippen LogP) is 1.20. The van der Waals surface area contributed by atoms with E-state index in [1.165, 1.54) is 13.2 Å². The Labute approximate surface area is 93.0 Å². The molecule has 16 heavy (non-hydrogen) atoms. The van der Waals surface area contributed by atoms with Gasteiger partial charge in [-0.2, -0.15) is 4.39 Å². The zero-order chi connectivity index (χ0) is 11.5. The number of hydrogen-bond acceptors (Lipinski definition) is 4. The van der Waals surface area contributed by atoms with Gasteiger partial charge in [-0.05, 0) is 12.1 Å². The van der Waals surface area contributed by atoms with Crippen LogP contribution in [-0.4, -0.2) is 32.0 Å². The van der Waals surface area contributed by atoms with E-state index in [4.69, 9.17) is 9.47 Å². The molecule has 2 N–H and O–H groups in total. The van der Waals surface area contributed by atoms with Crippen LogP contribution in [0.2, 0.25) is 0 Å². The molecule has 1 atom stereocenters. The number of hydrogen-bond donors (Lipinski definition) is 2. The number of nitrogens with one attached hydrogen (secondary N) is 1. The summed E-state index contributed by atoms with van der Waals surface area (Å²) in [5.74, 6) is -1.06. The molecule has 4 nitrogen and oxygen atoms in total. The molecule has 0 aliphatic carbocycles. The van der Waals surface area contributed by atoms with Crippen molar-refractivity contribution in [3.05, 3.63) is 23.5 Å². The number of phenolic OH excluding ortho intramolecular Hbond substituents is 1. The summed E-state index contributed by atoms with van der Waals surface area (Å²) in [6, 6.07) is 2.87. The Hall–Kier alpha value is -1.33. The highest BCUT2D eigenvalue weighted by Crippen LogP contribution is 2.33. The average Bonchev–Trinajstić information content (AvgIpc) is 2.33. The average molecular weight is 227 g/mol. The van der Waals surface area contributed by atoms with Crippen molar-refractivity contribution in [2.45, 2.75) is 6.04 Å². The molecule has 1 aromatic rings. The lowest BCUT2D eigenvalue weighted by Crippen LogP contribution is -2.34. The number of morpholine rings is 1. The Morgan fingerprint density at radius 3 is 3.00 bits per heavy atom. The van der Waals surface area contributed by atoms with Crippen LogP contribution in [0.25, 0.3) is 0 Å². The first-order valence-electron chi connectivity index (χ1n) is 5.10. The third-order valence-corrected chi connectivity index (χ3v) is 2.61. The first kappa shape index (κ1) is 11.2. The van der Waals surface area contributed by atoms with Gasteiger partial charge in [0.15, 0.2) is 11.5 Å². The molecule has 88 valence electrons. The van der Waals surface area contributed by atoms with Gasteiger partial charge in [-0.3, -0.25) is 0 Å². The zero-order valence-corrected chi connectivity index (χ0v) is 9.00. The maximum Gasteiger partial charge on any atom is 0.206 e. The lowest BCUT2D eigenvalue weighted by molar-refractivity contribution is 0.0758. The molecular formula is C11H14FNO3. The highest BCUT2D eigenvalue weighted by molar-refractivity contribution is 5.43. The second kappa shape index (κ2) is 4.67. The Kier molecular flexibility index (Phi) is 3.26. The van der Waals surface area contributed by atoms with E-state index in [0.29, 0.717) is 18.8 Å². The van der Waals surface area contributed by atoms with Crippen molar-refractivity contribution >= 4 is 0 Å². The highest BCUT2D eigenvalue weighted by Gasteiger charge is 2.22. The Morgan fingerprint density at radius 2 is 2.38 bits per heavy atom. The van der Waals surface area contributed by atoms with Gasteiger partial charge in [0.25, 0.3) is 0 Å². The number of methoxy groups -OCH3 is 1. The second-order valence-corrected chi connectivity index (χ2v) is 3.60. The van der Waals surface area contributed by atoms with Gasteiger partial charge in [0.05, 0.1) is 26.4 Å². The topological polar surface area (TPSA) is 50.7 Å². The van der Waals surface area contributed by atoms with Crippen LogP contribution >= 0.6 is 0 Å². The summed E-state index contributed by atoms with van der Waals surface area (Å²) in [6.45, 7) is 1.84. The third-order valence-electron chi connectivity index (χ3n) is 2.61. The summed E-state index contributed by atoms with van der Waals surface area (Å²) in [5, 5.41) is 12.5. The van der Waals surface area contributed by atoms with Crippen molar-refractivity contribution in [1.29, 1.82) is 0 Å². The smallest absolute Gasteiger partial charge is 0.206 e. The van der Waals surface area contributed by atoms with Crippen molar-refractivity contribution in [3.8, 4) is 11.5 Å². The summed E-state index contributed by atoms with van der Waals surface area (Å²) < 4.78 is 23.9. The number of halogens is 1. The van der Waals surface area contributed by atoms with Crippen LogP contribution in [-0.2, 0) is 4.74 Å². The van der Waals surface area contributed by atoms with Crippen molar-refractivity contribution in [3.63, 3.8) is 0 Å². The Balaban J connectivity index is 2.35. The first-order chi connectivity index (χ1) is 7.74. The standard InChI is InChI=1S/C11H14FNO3/c1-15-11-7(2-3-9(14)10(11)12)8-6-16-5-4-13-8/h2-3,8,13-14H,4-6H2,1H3. The highest BCUT2D eigenvalue weighted by atomic mass is 19.1. The maximum absolute atomic E-state index is 13.6. The van der Waals surface area contributed by atoms with Crippen LogP contribution in [0.3, 0.4) is 0 Å². The van der Waals surface area contributed by atoms with E-state index in [2.05, 4.69) is 5.32 Å². The van der Waals surface area contributed by atoms with Gasteiger partial charge in [-0.1, -0.05) is 0 Å². The predicted molar refractivity (Wildman–Crippen MR) is 56.2 cm³/mol. The molecule has 0 saturated carbocycles. The third kappa shape index (κ3) is 1.96. The van der Waals surface area contributed by atoms with E-state index in [1.54, 1.807) is 6.07 Å². The summed E-state index contributed by atoms with van der Waals surface area (Å²) >= 11 is 0. The van der Waals surface area contributed by atoms with Crippen LogP contribution < -0.4 is 10.1 Å². The normalized spacial score (nSPS) is 20.8. The molecule has 1 unspecified atom stereocenters.